The van der Waals surface area contributed by atoms with Gasteiger partial charge in [0.05, 0.1) is 37.0 Å². The standard InChI is InChI=1S/C27H24FN3O6S2/c1-36-18-5-3-2-4-17(18)20-21-22(25(34)31(24(21)33)16-8-6-15(28)7-9-16)38-26-23(20)39-27(35)30(26)14-19(32)29-10-12-37-13-11-29/h2-9,20-22H,10-14H2,1H3. The van der Waals surface area contributed by atoms with Crippen molar-refractivity contribution in [2.45, 2.75) is 22.7 Å². The molecule has 2 aromatic carbocycles. The normalized spacial score (nSPS) is 22.6. The van der Waals surface area contributed by atoms with E-state index in [1.807, 2.05) is 12.1 Å². The van der Waals surface area contributed by atoms with Crippen LogP contribution in [0.1, 0.15) is 16.4 Å². The summed E-state index contributed by atoms with van der Waals surface area (Å²) in [6.07, 6.45) is 0. The summed E-state index contributed by atoms with van der Waals surface area (Å²) >= 11 is 2.12. The number of carbonyl (C=O) groups excluding carboxylic acids is 3. The largest absolute Gasteiger partial charge is 0.496 e. The molecule has 0 radical (unpaired) electrons. The number of rotatable bonds is 5. The van der Waals surface area contributed by atoms with Crippen LogP contribution in [-0.2, 0) is 25.7 Å². The summed E-state index contributed by atoms with van der Waals surface area (Å²) in [6.45, 7) is 1.60. The average molecular weight is 570 g/mol. The molecule has 3 atom stereocenters. The van der Waals surface area contributed by atoms with Crippen molar-refractivity contribution >= 4 is 46.5 Å². The summed E-state index contributed by atoms with van der Waals surface area (Å²) in [7, 11) is 1.52. The van der Waals surface area contributed by atoms with E-state index in [0.29, 0.717) is 47.5 Å². The molecule has 9 nitrogen and oxygen atoms in total. The second-order valence-corrected chi connectivity index (χ2v) is 11.5. The van der Waals surface area contributed by atoms with Crippen molar-refractivity contribution in [1.29, 1.82) is 0 Å². The van der Waals surface area contributed by atoms with E-state index in [1.54, 1.807) is 17.0 Å². The number of hydrogen-bond acceptors (Lipinski definition) is 8. The minimum absolute atomic E-state index is 0.169. The first kappa shape index (κ1) is 25.8. The maximum Gasteiger partial charge on any atom is 0.308 e. The van der Waals surface area contributed by atoms with Crippen molar-refractivity contribution in [1.82, 2.24) is 9.47 Å². The predicted octanol–water partition coefficient (Wildman–Crippen LogP) is 2.71. The van der Waals surface area contributed by atoms with Crippen LogP contribution in [0.15, 0.2) is 58.4 Å². The van der Waals surface area contributed by atoms with Gasteiger partial charge in [-0.3, -0.25) is 23.7 Å². The van der Waals surface area contributed by atoms with Gasteiger partial charge in [-0.05, 0) is 30.3 Å². The molecule has 2 saturated heterocycles. The Bertz CT molecular complexity index is 1510. The van der Waals surface area contributed by atoms with Gasteiger partial charge >= 0.3 is 4.87 Å². The molecule has 3 unspecified atom stereocenters. The Morgan fingerprint density at radius 2 is 1.77 bits per heavy atom. The molecule has 0 spiro atoms. The third-order valence-corrected chi connectivity index (χ3v) is 9.87. The van der Waals surface area contributed by atoms with Gasteiger partial charge in [0.2, 0.25) is 17.7 Å². The van der Waals surface area contributed by atoms with Crippen molar-refractivity contribution in [3.05, 3.63) is 74.5 Å². The van der Waals surface area contributed by atoms with E-state index in [-0.39, 0.29) is 23.0 Å². The highest BCUT2D eigenvalue weighted by Crippen LogP contribution is 2.55. The smallest absolute Gasteiger partial charge is 0.308 e. The maximum atomic E-state index is 13.9. The molecule has 3 aromatic rings. The Labute approximate surface area is 231 Å². The number of amides is 3. The van der Waals surface area contributed by atoms with Gasteiger partial charge in [-0.1, -0.05) is 41.3 Å². The lowest BCUT2D eigenvalue weighted by Crippen LogP contribution is -2.43. The Morgan fingerprint density at radius 3 is 2.49 bits per heavy atom. The number of anilines is 1. The van der Waals surface area contributed by atoms with Crippen molar-refractivity contribution in [3.8, 4) is 5.75 Å². The van der Waals surface area contributed by atoms with Gasteiger partial charge in [-0.15, -0.1) is 0 Å². The molecule has 1 aromatic heterocycles. The Hall–Kier alpha value is -3.48. The molecule has 0 bridgehead atoms. The molecule has 3 aliphatic heterocycles. The van der Waals surface area contributed by atoms with E-state index in [2.05, 4.69) is 0 Å². The summed E-state index contributed by atoms with van der Waals surface area (Å²) in [6, 6.07) is 12.4. The number of methoxy groups -OCH3 is 1. The van der Waals surface area contributed by atoms with Gasteiger partial charge in [0.25, 0.3) is 0 Å². The van der Waals surface area contributed by atoms with Crippen molar-refractivity contribution < 1.29 is 28.2 Å². The zero-order chi connectivity index (χ0) is 27.3. The number of halogens is 1. The molecule has 12 heteroatoms. The fourth-order valence-electron chi connectivity index (χ4n) is 5.41. The monoisotopic (exact) mass is 569 g/mol. The molecule has 39 heavy (non-hydrogen) atoms. The van der Waals surface area contributed by atoms with Gasteiger partial charge in [0, 0.05) is 29.4 Å². The summed E-state index contributed by atoms with van der Waals surface area (Å²) in [5, 5.41) is -0.338. The van der Waals surface area contributed by atoms with Crippen LogP contribution in [0.2, 0.25) is 0 Å². The van der Waals surface area contributed by atoms with Crippen LogP contribution in [-0.4, -0.2) is 65.9 Å². The van der Waals surface area contributed by atoms with Crippen LogP contribution in [0.3, 0.4) is 0 Å². The van der Waals surface area contributed by atoms with Gasteiger partial charge in [0.1, 0.15) is 23.4 Å². The van der Waals surface area contributed by atoms with Crippen LogP contribution in [0.25, 0.3) is 0 Å². The topological polar surface area (TPSA) is 98.2 Å². The maximum absolute atomic E-state index is 13.9. The number of ether oxygens (including phenoxy) is 2. The molecule has 0 saturated carbocycles. The number of morpholine rings is 1. The number of hydrogen-bond donors (Lipinski definition) is 0. The zero-order valence-electron chi connectivity index (χ0n) is 20.9. The van der Waals surface area contributed by atoms with Crippen LogP contribution in [0.4, 0.5) is 10.1 Å². The first-order valence-corrected chi connectivity index (χ1v) is 14.1. The highest BCUT2D eigenvalue weighted by atomic mass is 32.2. The summed E-state index contributed by atoms with van der Waals surface area (Å²) in [4.78, 5) is 57.1. The van der Waals surface area contributed by atoms with Crippen LogP contribution in [0, 0.1) is 11.7 Å². The molecule has 3 aliphatic rings. The van der Waals surface area contributed by atoms with Crippen molar-refractivity contribution in [2.24, 2.45) is 5.92 Å². The number of para-hydroxylation sites is 1. The van der Waals surface area contributed by atoms with Gasteiger partial charge in [-0.2, -0.15) is 0 Å². The fourth-order valence-corrected chi connectivity index (χ4v) is 8.17. The van der Waals surface area contributed by atoms with E-state index in [1.165, 1.54) is 35.9 Å². The van der Waals surface area contributed by atoms with Gasteiger partial charge in [0.15, 0.2) is 0 Å². The number of fused-ring (bicyclic) bond motifs is 2. The second-order valence-electron chi connectivity index (χ2n) is 9.39. The number of aromatic nitrogens is 1. The summed E-state index contributed by atoms with van der Waals surface area (Å²) in [5.41, 5.74) is 0.954. The Morgan fingerprint density at radius 1 is 1.05 bits per heavy atom. The van der Waals surface area contributed by atoms with Crippen LogP contribution < -0.4 is 14.5 Å². The van der Waals surface area contributed by atoms with Crippen molar-refractivity contribution in [3.63, 3.8) is 0 Å². The van der Waals surface area contributed by atoms with E-state index in [4.69, 9.17) is 9.47 Å². The molecule has 3 amide bonds. The lowest BCUT2D eigenvalue weighted by Gasteiger charge is -2.32. The van der Waals surface area contributed by atoms with E-state index < -0.39 is 34.7 Å². The van der Waals surface area contributed by atoms with Crippen LogP contribution >= 0.6 is 23.1 Å². The molecular formula is C27H24FN3O6S2. The quantitative estimate of drug-likeness (QED) is 0.436. The Balaban J connectivity index is 1.46. The first-order valence-electron chi connectivity index (χ1n) is 12.4. The summed E-state index contributed by atoms with van der Waals surface area (Å²) in [5.74, 6) is -2.51. The van der Waals surface area contributed by atoms with Crippen molar-refractivity contribution in [2.75, 3.05) is 38.3 Å². The average Bonchev–Trinajstić information content (AvgIpc) is 3.40. The number of thiazole rings is 1. The molecular weight excluding hydrogens is 545 g/mol. The fraction of sp³-hybridized carbons (Fsp3) is 0.333. The number of nitrogens with zero attached hydrogens (tertiary/aromatic N) is 3. The van der Waals surface area contributed by atoms with Gasteiger partial charge < -0.3 is 14.4 Å². The highest BCUT2D eigenvalue weighted by Gasteiger charge is 2.57. The number of imide groups is 1. The molecule has 202 valence electrons. The SMILES string of the molecule is COc1ccccc1C1c2sc(=O)n(CC(=O)N3CCOCC3)c2SC2C(=O)N(c3ccc(F)cc3)C(=O)C21. The second kappa shape index (κ2) is 10.2. The van der Waals surface area contributed by atoms with Crippen LogP contribution in [0.5, 0.6) is 5.75 Å². The summed E-state index contributed by atoms with van der Waals surface area (Å²) < 4.78 is 26.0. The van der Waals surface area contributed by atoms with E-state index in [0.717, 1.165) is 28.0 Å². The zero-order valence-corrected chi connectivity index (χ0v) is 22.5. The molecule has 6 rings (SSSR count). The highest BCUT2D eigenvalue weighted by molar-refractivity contribution is 8.00. The predicted molar refractivity (Wildman–Crippen MR) is 143 cm³/mol. The number of carbonyl (C=O) groups is 3. The van der Waals surface area contributed by atoms with E-state index >= 15 is 0 Å². The lowest BCUT2D eigenvalue weighted by atomic mass is 9.82. The first-order chi connectivity index (χ1) is 18.9. The van der Waals surface area contributed by atoms with Gasteiger partial charge in [-0.25, -0.2) is 9.29 Å². The third kappa shape index (κ3) is 4.36. The lowest BCUT2D eigenvalue weighted by molar-refractivity contribution is -0.136. The molecule has 2 fully saturated rings. The Kier molecular flexibility index (Phi) is 6.77. The minimum atomic E-state index is -0.844. The minimum Gasteiger partial charge on any atom is -0.496 e. The molecule has 0 aliphatic carbocycles. The molecule has 0 N–H and O–H groups in total. The van der Waals surface area contributed by atoms with E-state index in [9.17, 15) is 23.6 Å². The number of benzene rings is 2. The number of thioether (sulfide) groups is 1. The third-order valence-electron chi connectivity index (χ3n) is 7.27. The molecule has 4 heterocycles.